The van der Waals surface area contributed by atoms with Crippen molar-refractivity contribution >= 4 is 5.97 Å². The van der Waals surface area contributed by atoms with Gasteiger partial charge in [0.1, 0.15) is 0 Å². The molecule has 0 radical (unpaired) electrons. The van der Waals surface area contributed by atoms with Crippen molar-refractivity contribution in [1.29, 1.82) is 0 Å². The number of unbranched alkanes of at least 4 members (excludes halogenated alkanes) is 25. The number of hydrogen-bond donors (Lipinski definition) is 2. The zero-order valence-electron chi connectivity index (χ0n) is 24.8. The van der Waals surface area contributed by atoms with Crippen molar-refractivity contribution in [3.8, 4) is 0 Å². The predicted molar refractivity (Wildman–Crippen MR) is 158 cm³/mol. The molecule has 0 bridgehead atoms. The van der Waals surface area contributed by atoms with Crippen LogP contribution in [-0.2, 0) is 9.63 Å². The maximum atomic E-state index is 10.3. The minimum absolute atomic E-state index is 0.345. The van der Waals surface area contributed by atoms with Crippen LogP contribution in [0.3, 0.4) is 0 Å². The second-order valence-electron chi connectivity index (χ2n) is 10.9. The molecule has 0 fully saturated rings. The Labute approximate surface area is 226 Å². The molecule has 0 aromatic carbocycles. The molecule has 0 aliphatic carbocycles. The van der Waals surface area contributed by atoms with Gasteiger partial charge in [0.25, 0.3) is 0 Å². The summed E-state index contributed by atoms with van der Waals surface area (Å²) in [5.41, 5.74) is 0. The first-order valence-corrected chi connectivity index (χ1v) is 16.2. The fourth-order valence-corrected chi connectivity index (χ4v) is 4.67. The minimum atomic E-state index is -0.655. The van der Waals surface area contributed by atoms with Crippen LogP contribution in [0, 0.1) is 0 Å². The van der Waals surface area contributed by atoms with Gasteiger partial charge in [0.2, 0.25) is 0 Å². The number of aliphatic carboxylic acids is 1. The third-order valence-corrected chi connectivity index (χ3v) is 7.11. The summed E-state index contributed by atoms with van der Waals surface area (Å²) in [6.07, 6.45) is 36.7. The van der Waals surface area contributed by atoms with Crippen molar-refractivity contribution < 1.29 is 14.7 Å². The van der Waals surface area contributed by atoms with Gasteiger partial charge in [-0.2, -0.15) is 0 Å². The second kappa shape index (κ2) is 36.5. The Bertz CT molecular complexity index is 374. The highest BCUT2D eigenvalue weighted by atomic mass is 16.6. The highest BCUT2D eigenvalue weighted by molar-refractivity contribution is 5.66. The van der Waals surface area contributed by atoms with Crippen molar-refractivity contribution in [2.75, 3.05) is 6.61 Å². The SMILES string of the molecule is CCCCCCCCCCCCCCCC(=O)O.CCCCCCCCCCCCCCCCON. The summed E-state index contributed by atoms with van der Waals surface area (Å²) < 4.78 is 0. The summed E-state index contributed by atoms with van der Waals surface area (Å²) in [7, 11) is 0. The average Bonchev–Trinajstić information content (AvgIpc) is 2.87. The van der Waals surface area contributed by atoms with E-state index in [1.54, 1.807) is 0 Å². The van der Waals surface area contributed by atoms with E-state index in [0.717, 1.165) is 25.9 Å². The lowest BCUT2D eigenvalue weighted by atomic mass is 10.0. The van der Waals surface area contributed by atoms with Crippen LogP contribution in [0.1, 0.15) is 194 Å². The number of carboxylic acid groups (broad SMARTS) is 1. The predicted octanol–water partition coefficient (Wildman–Crippen LogP) is 10.9. The van der Waals surface area contributed by atoms with Gasteiger partial charge in [-0.3, -0.25) is 4.79 Å². The lowest BCUT2D eigenvalue weighted by Gasteiger charge is -2.03. The van der Waals surface area contributed by atoms with E-state index < -0.39 is 5.97 Å². The standard InChI is InChI=1S/C16H35NO.C16H32O2/c1-2-3-4-5-6-7-8-9-10-11-12-13-14-15-16-18-17;1-2-3-4-5-6-7-8-9-10-11-12-13-14-15-16(17)18/h2-17H2,1H3;2-15H2,1H3,(H,17,18). The fraction of sp³-hybridized carbons (Fsp3) is 0.969. The van der Waals surface area contributed by atoms with Crippen LogP contribution >= 0.6 is 0 Å². The van der Waals surface area contributed by atoms with Gasteiger partial charge in [-0.1, -0.05) is 174 Å². The lowest BCUT2D eigenvalue weighted by Crippen LogP contribution is -2.00. The molecular weight excluding hydrogens is 446 g/mol. The molecule has 0 heterocycles. The highest BCUT2D eigenvalue weighted by Crippen LogP contribution is 2.14. The van der Waals surface area contributed by atoms with Crippen LogP contribution in [0.15, 0.2) is 0 Å². The van der Waals surface area contributed by atoms with Crippen LogP contribution < -0.4 is 5.90 Å². The topological polar surface area (TPSA) is 72.5 Å². The van der Waals surface area contributed by atoms with Crippen molar-refractivity contribution in [2.45, 2.75) is 194 Å². The Kier molecular flexibility index (Phi) is 38.1. The molecule has 3 N–H and O–H groups in total. The van der Waals surface area contributed by atoms with Crippen molar-refractivity contribution in [2.24, 2.45) is 5.90 Å². The minimum Gasteiger partial charge on any atom is -0.481 e. The number of hydrogen-bond acceptors (Lipinski definition) is 3. The van der Waals surface area contributed by atoms with E-state index in [2.05, 4.69) is 18.7 Å². The van der Waals surface area contributed by atoms with E-state index in [-0.39, 0.29) is 0 Å². The lowest BCUT2D eigenvalue weighted by molar-refractivity contribution is -0.137. The van der Waals surface area contributed by atoms with Crippen molar-refractivity contribution in [1.82, 2.24) is 0 Å². The Morgan fingerprint density at radius 2 is 0.722 bits per heavy atom. The largest absolute Gasteiger partial charge is 0.481 e. The Morgan fingerprint density at radius 1 is 0.472 bits per heavy atom. The van der Waals surface area contributed by atoms with Gasteiger partial charge in [-0.15, -0.1) is 0 Å². The second-order valence-corrected chi connectivity index (χ2v) is 10.9. The zero-order valence-corrected chi connectivity index (χ0v) is 24.8. The number of rotatable bonds is 29. The van der Waals surface area contributed by atoms with E-state index in [1.807, 2.05) is 0 Å². The van der Waals surface area contributed by atoms with E-state index in [1.165, 1.54) is 154 Å². The molecule has 0 aliphatic heterocycles. The normalized spacial score (nSPS) is 10.9. The van der Waals surface area contributed by atoms with Crippen LogP contribution in [0.4, 0.5) is 0 Å². The fourth-order valence-electron chi connectivity index (χ4n) is 4.67. The molecular formula is C32H67NO3. The van der Waals surface area contributed by atoms with Gasteiger partial charge in [0.05, 0.1) is 6.61 Å². The zero-order chi connectivity index (χ0) is 26.8. The first-order valence-electron chi connectivity index (χ1n) is 16.2. The molecule has 0 rings (SSSR count). The van der Waals surface area contributed by atoms with Crippen molar-refractivity contribution in [3.05, 3.63) is 0 Å². The third-order valence-electron chi connectivity index (χ3n) is 7.11. The van der Waals surface area contributed by atoms with E-state index in [4.69, 9.17) is 11.0 Å². The van der Waals surface area contributed by atoms with Crippen molar-refractivity contribution in [3.63, 3.8) is 0 Å². The quantitative estimate of drug-likeness (QED) is 0.0770. The van der Waals surface area contributed by atoms with Crippen LogP contribution in [0.2, 0.25) is 0 Å². The summed E-state index contributed by atoms with van der Waals surface area (Å²) in [6.45, 7) is 5.26. The number of carbonyl (C=O) groups is 1. The molecule has 36 heavy (non-hydrogen) atoms. The Balaban J connectivity index is 0. The molecule has 218 valence electrons. The number of nitrogens with two attached hydrogens (primary N) is 1. The van der Waals surface area contributed by atoms with Gasteiger partial charge in [-0.05, 0) is 12.8 Å². The molecule has 4 heteroatoms. The summed E-state index contributed by atoms with van der Waals surface area (Å²) in [5.74, 6) is 4.32. The average molecular weight is 514 g/mol. The molecule has 0 saturated heterocycles. The maximum absolute atomic E-state index is 10.3. The summed E-state index contributed by atoms with van der Waals surface area (Å²) >= 11 is 0. The van der Waals surface area contributed by atoms with Gasteiger partial charge >= 0.3 is 5.97 Å². The molecule has 0 aliphatic rings. The Morgan fingerprint density at radius 3 is 0.972 bits per heavy atom. The molecule has 0 amide bonds. The molecule has 0 atom stereocenters. The van der Waals surface area contributed by atoms with Gasteiger partial charge in [-0.25, -0.2) is 5.90 Å². The third kappa shape index (κ3) is 40.6. The number of carboxylic acids is 1. The summed E-state index contributed by atoms with van der Waals surface area (Å²) in [4.78, 5) is 14.8. The highest BCUT2D eigenvalue weighted by Gasteiger charge is 1.97. The van der Waals surface area contributed by atoms with E-state index >= 15 is 0 Å². The first-order chi connectivity index (χ1) is 17.7. The first kappa shape index (κ1) is 37.5. The smallest absolute Gasteiger partial charge is 0.303 e. The van der Waals surface area contributed by atoms with Gasteiger partial charge in [0, 0.05) is 6.42 Å². The van der Waals surface area contributed by atoms with Crippen LogP contribution in [0.5, 0.6) is 0 Å². The molecule has 0 unspecified atom stereocenters. The van der Waals surface area contributed by atoms with E-state index in [0.29, 0.717) is 6.42 Å². The molecule has 0 spiro atoms. The van der Waals surface area contributed by atoms with E-state index in [9.17, 15) is 4.79 Å². The van der Waals surface area contributed by atoms with Crippen LogP contribution in [0.25, 0.3) is 0 Å². The Hall–Kier alpha value is -0.610. The van der Waals surface area contributed by atoms with Gasteiger partial charge in [0.15, 0.2) is 0 Å². The monoisotopic (exact) mass is 514 g/mol. The summed E-state index contributed by atoms with van der Waals surface area (Å²) in [5, 5.41) is 8.49. The molecule has 4 nitrogen and oxygen atoms in total. The maximum Gasteiger partial charge on any atom is 0.303 e. The summed E-state index contributed by atoms with van der Waals surface area (Å²) in [6, 6.07) is 0. The molecule has 0 saturated carbocycles. The van der Waals surface area contributed by atoms with Gasteiger partial charge < -0.3 is 9.94 Å². The molecule has 0 aromatic heterocycles. The molecule has 0 aromatic rings. The van der Waals surface area contributed by atoms with Crippen LogP contribution in [-0.4, -0.2) is 17.7 Å².